The third-order valence-corrected chi connectivity index (χ3v) is 8.57. The van der Waals surface area contributed by atoms with Crippen molar-refractivity contribution in [1.82, 2.24) is 19.5 Å². The molecule has 8 N–H and O–H groups in total. The van der Waals surface area contributed by atoms with Crippen molar-refractivity contribution < 1.29 is 57.1 Å². The van der Waals surface area contributed by atoms with Crippen LogP contribution in [0.3, 0.4) is 0 Å². The van der Waals surface area contributed by atoms with Crippen molar-refractivity contribution in [2.45, 2.75) is 24.5 Å². The second-order valence-electron chi connectivity index (χ2n) is 6.72. The van der Waals surface area contributed by atoms with Gasteiger partial charge in [-0.1, -0.05) is 0 Å². The van der Waals surface area contributed by atoms with Gasteiger partial charge < -0.3 is 40.3 Å². The average molecular weight is 519 g/mol. The van der Waals surface area contributed by atoms with Crippen molar-refractivity contribution in [3.05, 3.63) is 12.7 Å². The first-order chi connectivity index (χ1) is 14.7. The molecule has 17 nitrogen and oxygen atoms in total. The molecule has 0 aliphatic carbocycles. The van der Waals surface area contributed by atoms with Gasteiger partial charge in [0, 0.05) is 0 Å². The second kappa shape index (κ2) is 9.14. The average Bonchev–Trinajstić information content (AvgIpc) is 3.20. The van der Waals surface area contributed by atoms with Gasteiger partial charge >= 0.3 is 23.0 Å². The first-order valence-corrected chi connectivity index (χ1v) is 13.7. The number of aromatic nitrogens is 4. The standard InChI is InChI=1S/C12H20N5O12P3/c13-10-7-11(15-4-14-10)17(5-16-7)12-9(19)8(18)6(28-12)3-27-32(25,26)29-31(23,24)2-1-30(20,21)22/h4-6,8-9,12,18-19H,1-3H2,(H,23,24)(H,25,26)(H2,13,14,15)(H2,20,21,22)/t6-,8-,9-,12-/m1/s1. The third-order valence-electron chi connectivity index (χ3n) is 4.31. The molecule has 1 aliphatic rings. The van der Waals surface area contributed by atoms with Gasteiger partial charge in [-0.15, -0.1) is 0 Å². The van der Waals surface area contributed by atoms with Crippen LogP contribution in [0.15, 0.2) is 12.7 Å². The molecule has 180 valence electrons. The minimum Gasteiger partial charge on any atom is -0.387 e. The number of phosphoric ester groups is 1. The Balaban J connectivity index is 1.65. The van der Waals surface area contributed by atoms with Gasteiger partial charge in [-0.05, 0) is 0 Å². The Hall–Kier alpha value is -1.32. The molecule has 6 atom stereocenters. The molecule has 3 heterocycles. The minimum absolute atomic E-state index is 0.0622. The minimum atomic E-state index is -5.22. The normalized spacial score (nSPS) is 27.9. The molecular formula is C12H20N5O12P3. The maximum atomic E-state index is 12.0. The largest absolute Gasteiger partial charge is 0.479 e. The highest BCUT2D eigenvalue weighted by Gasteiger charge is 2.46. The van der Waals surface area contributed by atoms with Gasteiger partial charge in [0.25, 0.3) is 0 Å². The molecule has 2 unspecified atom stereocenters. The van der Waals surface area contributed by atoms with E-state index in [1.54, 1.807) is 0 Å². The highest BCUT2D eigenvalue weighted by atomic mass is 31.3. The predicted molar refractivity (Wildman–Crippen MR) is 104 cm³/mol. The molecule has 0 amide bonds. The zero-order valence-electron chi connectivity index (χ0n) is 15.9. The highest BCUT2D eigenvalue weighted by Crippen LogP contribution is 2.61. The Morgan fingerprint density at radius 3 is 2.41 bits per heavy atom. The number of aliphatic hydroxyl groups is 2. The van der Waals surface area contributed by atoms with E-state index in [4.69, 9.17) is 20.3 Å². The zero-order chi connectivity index (χ0) is 23.9. The molecule has 0 bridgehead atoms. The Bertz CT molecular complexity index is 1120. The number of nitrogen functional groups attached to an aromatic ring is 1. The summed E-state index contributed by atoms with van der Waals surface area (Å²) >= 11 is 0. The van der Waals surface area contributed by atoms with Crippen LogP contribution < -0.4 is 5.73 Å². The fraction of sp³-hybridized carbons (Fsp3) is 0.583. The number of nitrogens with zero attached hydrogens (tertiary/aromatic N) is 4. The molecule has 0 aromatic carbocycles. The molecule has 1 saturated heterocycles. The molecule has 3 rings (SSSR count). The lowest BCUT2D eigenvalue weighted by Gasteiger charge is -2.19. The fourth-order valence-electron chi connectivity index (χ4n) is 2.80. The molecule has 2 aromatic rings. The lowest BCUT2D eigenvalue weighted by atomic mass is 10.1. The molecule has 0 saturated carbocycles. The van der Waals surface area contributed by atoms with Crippen LogP contribution in [0.4, 0.5) is 5.82 Å². The molecule has 20 heteroatoms. The van der Waals surface area contributed by atoms with Crippen molar-refractivity contribution in [2.24, 2.45) is 0 Å². The van der Waals surface area contributed by atoms with Crippen molar-refractivity contribution in [1.29, 1.82) is 0 Å². The lowest BCUT2D eigenvalue weighted by Crippen LogP contribution is -2.33. The van der Waals surface area contributed by atoms with Crippen LogP contribution in [0.5, 0.6) is 0 Å². The second-order valence-corrected chi connectivity index (χ2v) is 12.1. The summed E-state index contributed by atoms with van der Waals surface area (Å²) in [7, 11) is -14.8. The summed E-state index contributed by atoms with van der Waals surface area (Å²) in [6.45, 7) is -0.856. The topological polar surface area (TPSA) is 270 Å². The van der Waals surface area contributed by atoms with Crippen LogP contribution in [-0.4, -0.2) is 86.5 Å². The summed E-state index contributed by atoms with van der Waals surface area (Å²) in [5.41, 5.74) is 6.08. The third kappa shape index (κ3) is 5.97. The number of imidazole rings is 1. The van der Waals surface area contributed by atoms with Gasteiger partial charge in [-0.3, -0.25) is 18.2 Å². The van der Waals surface area contributed by atoms with Crippen LogP contribution in [0.2, 0.25) is 0 Å². The van der Waals surface area contributed by atoms with Crippen LogP contribution in [0.1, 0.15) is 6.23 Å². The van der Waals surface area contributed by atoms with E-state index in [1.165, 1.54) is 10.9 Å². The van der Waals surface area contributed by atoms with Gasteiger partial charge in [0.15, 0.2) is 17.7 Å². The Morgan fingerprint density at radius 1 is 1.06 bits per heavy atom. The van der Waals surface area contributed by atoms with Crippen LogP contribution >= 0.6 is 23.0 Å². The van der Waals surface area contributed by atoms with Crippen molar-refractivity contribution in [3.8, 4) is 0 Å². The van der Waals surface area contributed by atoms with Gasteiger partial charge in [0.05, 0.1) is 25.3 Å². The summed E-state index contributed by atoms with van der Waals surface area (Å²) in [5, 5.41) is 20.5. The Kier molecular flexibility index (Phi) is 7.23. The number of anilines is 1. The summed E-state index contributed by atoms with van der Waals surface area (Å²) in [6, 6.07) is 0. The van der Waals surface area contributed by atoms with Crippen LogP contribution in [0, 0.1) is 0 Å². The molecule has 0 radical (unpaired) electrons. The summed E-state index contributed by atoms with van der Waals surface area (Å²) in [4.78, 5) is 48.4. The number of fused-ring (bicyclic) bond motifs is 1. The monoisotopic (exact) mass is 519 g/mol. The van der Waals surface area contributed by atoms with Gasteiger partial charge in [-0.2, -0.15) is 0 Å². The Morgan fingerprint density at radius 2 is 1.75 bits per heavy atom. The van der Waals surface area contributed by atoms with Gasteiger partial charge in [0.1, 0.15) is 30.2 Å². The van der Waals surface area contributed by atoms with Gasteiger partial charge in [0.2, 0.25) is 0 Å². The lowest BCUT2D eigenvalue weighted by molar-refractivity contribution is -0.0501. The number of aliphatic hydroxyl groups excluding tert-OH is 2. The van der Waals surface area contributed by atoms with E-state index < -0.39 is 66.5 Å². The molecule has 2 aromatic heterocycles. The first kappa shape index (κ1) is 25.3. The molecule has 1 aliphatic heterocycles. The summed E-state index contributed by atoms with van der Waals surface area (Å²) in [6.07, 6.45) is -5.60. The highest BCUT2D eigenvalue weighted by molar-refractivity contribution is 7.64. The molecule has 32 heavy (non-hydrogen) atoms. The number of rotatable bonds is 9. The fourth-order valence-corrected chi connectivity index (χ4v) is 7.00. The molecule has 0 spiro atoms. The number of hydrogen-bond acceptors (Lipinski definition) is 12. The summed E-state index contributed by atoms with van der Waals surface area (Å²) in [5.74, 6) is 0.0622. The van der Waals surface area contributed by atoms with E-state index in [1.807, 2.05) is 0 Å². The van der Waals surface area contributed by atoms with E-state index in [0.717, 1.165) is 6.33 Å². The Labute approximate surface area is 179 Å². The van der Waals surface area contributed by atoms with E-state index in [9.17, 15) is 33.7 Å². The number of hydrogen-bond donors (Lipinski definition) is 7. The van der Waals surface area contributed by atoms with Crippen molar-refractivity contribution in [3.63, 3.8) is 0 Å². The quantitative estimate of drug-likeness (QED) is 0.186. The maximum absolute atomic E-state index is 12.0. The number of ether oxygens (including phenoxy) is 1. The van der Waals surface area contributed by atoms with Crippen molar-refractivity contribution in [2.75, 3.05) is 24.7 Å². The van der Waals surface area contributed by atoms with Crippen LogP contribution in [0.25, 0.3) is 11.2 Å². The zero-order valence-corrected chi connectivity index (χ0v) is 18.6. The SMILES string of the molecule is Nc1ncnc2c1ncn2[C@@H]1O[C@H](COP(=O)(O)OP(=O)(O)CCP(=O)(O)O)[C@@H](O)[C@H]1O. The van der Waals surface area contributed by atoms with Crippen molar-refractivity contribution >= 4 is 40.0 Å². The van der Waals surface area contributed by atoms with E-state index in [2.05, 4.69) is 23.8 Å². The van der Waals surface area contributed by atoms with E-state index in [0.29, 0.717) is 0 Å². The predicted octanol–water partition coefficient (Wildman–Crippen LogP) is -1.48. The van der Waals surface area contributed by atoms with E-state index >= 15 is 0 Å². The smallest absolute Gasteiger partial charge is 0.387 e. The maximum Gasteiger partial charge on any atom is 0.479 e. The summed E-state index contributed by atoms with van der Waals surface area (Å²) < 4.78 is 49.9. The number of nitrogens with two attached hydrogens (primary N) is 1. The molecule has 1 fully saturated rings. The van der Waals surface area contributed by atoms with Gasteiger partial charge in [-0.25, -0.2) is 23.8 Å². The first-order valence-electron chi connectivity index (χ1n) is 8.69. The van der Waals surface area contributed by atoms with Crippen LogP contribution in [-0.2, 0) is 27.3 Å². The molecular weight excluding hydrogens is 499 g/mol. The van der Waals surface area contributed by atoms with E-state index in [-0.39, 0.29) is 17.0 Å². The number of phosphoric acid groups is 1.